The third-order valence-electron chi connectivity index (χ3n) is 4.94. The summed E-state index contributed by atoms with van der Waals surface area (Å²) in [5.41, 5.74) is 1.25. The Morgan fingerprint density at radius 1 is 1.38 bits per heavy atom. The number of amides is 1. The molecular formula is C17H23N5OS. The van der Waals surface area contributed by atoms with Gasteiger partial charge in [0.25, 0.3) is 0 Å². The van der Waals surface area contributed by atoms with Crippen molar-refractivity contribution in [3.63, 3.8) is 0 Å². The first-order valence-corrected chi connectivity index (χ1v) is 9.61. The lowest BCUT2D eigenvalue weighted by molar-refractivity contribution is -0.134. The zero-order valence-corrected chi connectivity index (χ0v) is 14.6. The van der Waals surface area contributed by atoms with E-state index < -0.39 is 0 Å². The predicted octanol–water partition coefficient (Wildman–Crippen LogP) is 2.00. The quantitative estimate of drug-likeness (QED) is 0.770. The Bertz CT molecular complexity index is 653. The zero-order valence-electron chi connectivity index (χ0n) is 13.8. The second kappa shape index (κ2) is 7.03. The van der Waals surface area contributed by atoms with Gasteiger partial charge in [0.15, 0.2) is 0 Å². The fourth-order valence-corrected chi connectivity index (χ4v) is 4.16. The molecule has 128 valence electrons. The van der Waals surface area contributed by atoms with Crippen LogP contribution in [0.15, 0.2) is 29.5 Å². The number of rotatable bonds is 7. The van der Waals surface area contributed by atoms with E-state index in [1.165, 1.54) is 5.56 Å². The van der Waals surface area contributed by atoms with Gasteiger partial charge >= 0.3 is 0 Å². The van der Waals surface area contributed by atoms with Crippen molar-refractivity contribution in [3.8, 4) is 0 Å². The summed E-state index contributed by atoms with van der Waals surface area (Å²) in [6, 6.07) is 2.96. The maximum Gasteiger partial charge on any atom is 0.237 e. The van der Waals surface area contributed by atoms with E-state index in [0.29, 0.717) is 18.6 Å². The highest BCUT2D eigenvalue weighted by molar-refractivity contribution is 7.07. The molecule has 0 radical (unpaired) electrons. The molecule has 1 atom stereocenters. The highest BCUT2D eigenvalue weighted by Crippen LogP contribution is 2.29. The molecule has 1 aliphatic heterocycles. The number of thiophene rings is 1. The van der Waals surface area contributed by atoms with Crippen LogP contribution in [-0.2, 0) is 17.9 Å². The number of hydrogen-bond donors (Lipinski definition) is 0. The van der Waals surface area contributed by atoms with E-state index in [1.807, 2.05) is 4.68 Å². The lowest BCUT2D eigenvalue weighted by atomic mass is 10.2. The van der Waals surface area contributed by atoms with Crippen LogP contribution in [0.4, 0.5) is 0 Å². The molecule has 0 aromatic carbocycles. The van der Waals surface area contributed by atoms with Crippen LogP contribution in [0, 0.1) is 0 Å². The third-order valence-corrected chi connectivity index (χ3v) is 5.67. The van der Waals surface area contributed by atoms with Gasteiger partial charge in [-0.25, -0.2) is 4.98 Å². The van der Waals surface area contributed by atoms with Crippen molar-refractivity contribution in [2.45, 2.75) is 50.9 Å². The third kappa shape index (κ3) is 3.67. The number of carbonyl (C=O) groups excluding carboxylic acids is 1. The second-order valence-corrected chi connectivity index (χ2v) is 7.55. The molecule has 2 aromatic heterocycles. The van der Waals surface area contributed by atoms with E-state index in [4.69, 9.17) is 0 Å². The number of aromatic nitrogens is 3. The van der Waals surface area contributed by atoms with Crippen molar-refractivity contribution in [1.82, 2.24) is 24.6 Å². The smallest absolute Gasteiger partial charge is 0.237 e. The Balaban J connectivity index is 1.38. The average Bonchev–Trinajstić information content (AvgIpc) is 2.99. The van der Waals surface area contributed by atoms with Crippen molar-refractivity contribution in [2.24, 2.45) is 0 Å². The molecule has 0 bridgehead atoms. The van der Waals surface area contributed by atoms with Crippen molar-refractivity contribution >= 4 is 17.2 Å². The molecule has 4 rings (SSSR count). The van der Waals surface area contributed by atoms with E-state index in [9.17, 15) is 4.79 Å². The van der Waals surface area contributed by atoms with E-state index in [1.54, 1.807) is 24.0 Å². The van der Waals surface area contributed by atoms with Gasteiger partial charge in [-0.1, -0.05) is 0 Å². The fourth-order valence-electron chi connectivity index (χ4n) is 3.50. The normalized spacial score (nSPS) is 21.2. The molecule has 0 N–H and O–H groups in total. The first-order valence-electron chi connectivity index (χ1n) is 8.66. The Kier molecular flexibility index (Phi) is 4.62. The summed E-state index contributed by atoms with van der Waals surface area (Å²) < 4.78 is 1.87. The van der Waals surface area contributed by atoms with Crippen LogP contribution in [0.5, 0.6) is 0 Å². The molecule has 2 aromatic rings. The molecule has 1 aliphatic carbocycles. The second-order valence-electron chi connectivity index (χ2n) is 6.77. The SMILES string of the molecule is O=C(CN1CCCC1Cn1cncn1)N(Cc1ccsc1)C1CC1. The van der Waals surface area contributed by atoms with Crippen molar-refractivity contribution in [2.75, 3.05) is 13.1 Å². The van der Waals surface area contributed by atoms with Gasteiger partial charge in [0.2, 0.25) is 5.91 Å². The summed E-state index contributed by atoms with van der Waals surface area (Å²) in [6.07, 6.45) is 7.91. The van der Waals surface area contributed by atoms with Gasteiger partial charge in [-0.3, -0.25) is 14.4 Å². The molecule has 1 saturated heterocycles. The summed E-state index contributed by atoms with van der Waals surface area (Å²) in [4.78, 5) is 21.3. The number of likely N-dealkylation sites (tertiary alicyclic amines) is 1. The van der Waals surface area contributed by atoms with Crippen LogP contribution < -0.4 is 0 Å². The Morgan fingerprint density at radius 2 is 2.29 bits per heavy atom. The van der Waals surface area contributed by atoms with Crippen LogP contribution in [0.25, 0.3) is 0 Å². The minimum Gasteiger partial charge on any atom is -0.334 e. The summed E-state index contributed by atoms with van der Waals surface area (Å²) in [7, 11) is 0. The molecule has 24 heavy (non-hydrogen) atoms. The van der Waals surface area contributed by atoms with Gasteiger partial charge in [0, 0.05) is 18.6 Å². The monoisotopic (exact) mass is 345 g/mol. The maximum atomic E-state index is 12.9. The van der Waals surface area contributed by atoms with Crippen molar-refractivity contribution in [3.05, 3.63) is 35.0 Å². The molecule has 6 nitrogen and oxygen atoms in total. The minimum atomic E-state index is 0.272. The molecule has 7 heteroatoms. The zero-order chi connectivity index (χ0) is 16.4. The van der Waals surface area contributed by atoms with Crippen LogP contribution in [0.2, 0.25) is 0 Å². The molecule has 2 fully saturated rings. The lowest BCUT2D eigenvalue weighted by Crippen LogP contribution is -2.44. The minimum absolute atomic E-state index is 0.272. The van der Waals surface area contributed by atoms with E-state index >= 15 is 0 Å². The molecule has 0 spiro atoms. The first kappa shape index (κ1) is 15.8. The first-order chi connectivity index (χ1) is 11.8. The van der Waals surface area contributed by atoms with E-state index in [-0.39, 0.29) is 5.91 Å². The Labute approximate surface area is 146 Å². The maximum absolute atomic E-state index is 12.9. The predicted molar refractivity (Wildman–Crippen MR) is 92.5 cm³/mol. The fraction of sp³-hybridized carbons (Fsp3) is 0.588. The number of hydrogen-bond acceptors (Lipinski definition) is 5. The summed E-state index contributed by atoms with van der Waals surface area (Å²) >= 11 is 1.70. The molecule has 1 saturated carbocycles. The van der Waals surface area contributed by atoms with E-state index in [0.717, 1.165) is 45.3 Å². The summed E-state index contributed by atoms with van der Waals surface area (Å²) in [5, 5.41) is 8.43. The van der Waals surface area contributed by atoms with Crippen molar-refractivity contribution in [1.29, 1.82) is 0 Å². The number of nitrogens with zero attached hydrogens (tertiary/aromatic N) is 5. The van der Waals surface area contributed by atoms with Gasteiger partial charge < -0.3 is 4.90 Å². The molecule has 3 heterocycles. The van der Waals surface area contributed by atoms with Crippen LogP contribution in [-0.4, -0.2) is 55.6 Å². The van der Waals surface area contributed by atoms with Gasteiger partial charge in [0.1, 0.15) is 12.7 Å². The molecule has 2 aliphatic rings. The Hall–Kier alpha value is -1.73. The lowest BCUT2D eigenvalue weighted by Gasteiger charge is -2.28. The standard InChI is InChI=1S/C17H23N5OS/c23-17(22(15-3-4-15)8-14-5-7-24-11-14)10-20-6-1-2-16(20)9-21-13-18-12-19-21/h5,7,11-13,15-16H,1-4,6,8-10H2. The topological polar surface area (TPSA) is 54.3 Å². The van der Waals surface area contributed by atoms with Gasteiger partial charge in [0.05, 0.1) is 13.1 Å². The molecule has 1 amide bonds. The van der Waals surface area contributed by atoms with Crippen molar-refractivity contribution < 1.29 is 4.79 Å². The highest BCUT2D eigenvalue weighted by Gasteiger charge is 2.35. The van der Waals surface area contributed by atoms with Gasteiger partial charge in [-0.2, -0.15) is 16.4 Å². The highest BCUT2D eigenvalue weighted by atomic mass is 32.1. The van der Waals surface area contributed by atoms with Crippen LogP contribution >= 0.6 is 11.3 Å². The molecule has 1 unspecified atom stereocenters. The summed E-state index contributed by atoms with van der Waals surface area (Å²) in [5.74, 6) is 0.272. The van der Waals surface area contributed by atoms with Gasteiger partial charge in [-0.15, -0.1) is 0 Å². The number of carbonyl (C=O) groups is 1. The Morgan fingerprint density at radius 3 is 3.00 bits per heavy atom. The summed E-state index contributed by atoms with van der Waals surface area (Å²) in [6.45, 7) is 3.11. The van der Waals surface area contributed by atoms with Crippen LogP contribution in [0.1, 0.15) is 31.2 Å². The average molecular weight is 345 g/mol. The van der Waals surface area contributed by atoms with Crippen LogP contribution in [0.3, 0.4) is 0 Å². The van der Waals surface area contributed by atoms with E-state index in [2.05, 4.69) is 36.7 Å². The largest absolute Gasteiger partial charge is 0.334 e. The molecular weight excluding hydrogens is 322 g/mol. The van der Waals surface area contributed by atoms with Gasteiger partial charge in [-0.05, 0) is 54.6 Å².